The Balaban J connectivity index is 2.84. The molecule has 0 saturated heterocycles. The number of anilines is 1. The van der Waals surface area contributed by atoms with Gasteiger partial charge in [0.15, 0.2) is 0 Å². The second-order valence-corrected chi connectivity index (χ2v) is 4.33. The van der Waals surface area contributed by atoms with Crippen LogP contribution in [0.1, 0.15) is 18.1 Å². The minimum atomic E-state index is -0.495. The molecule has 0 aliphatic carbocycles. The third-order valence-electron chi connectivity index (χ3n) is 2.88. The summed E-state index contributed by atoms with van der Waals surface area (Å²) in [5.41, 5.74) is 2.98. The summed E-state index contributed by atoms with van der Waals surface area (Å²) >= 11 is 0. The molecule has 1 aromatic carbocycles. The van der Waals surface area contributed by atoms with Gasteiger partial charge in [0.1, 0.15) is 0 Å². The Morgan fingerprint density at radius 3 is 2.32 bits per heavy atom. The molecular formula is C14H20N2O3. The van der Waals surface area contributed by atoms with Crippen molar-refractivity contribution < 1.29 is 14.3 Å². The summed E-state index contributed by atoms with van der Waals surface area (Å²) in [5.74, 6) is -0.0518. The van der Waals surface area contributed by atoms with Crippen molar-refractivity contribution in [2.24, 2.45) is 0 Å². The molecule has 104 valence electrons. The topological polar surface area (TPSA) is 58.6 Å². The SMILES string of the molecule is COC(=O)NCCN(C(C)=O)c1c(C)cccc1C. The monoisotopic (exact) mass is 264 g/mol. The molecule has 0 saturated carbocycles. The van der Waals surface area contributed by atoms with Crippen LogP contribution in [-0.2, 0) is 9.53 Å². The van der Waals surface area contributed by atoms with Gasteiger partial charge in [-0.3, -0.25) is 4.79 Å². The van der Waals surface area contributed by atoms with Crippen LogP contribution >= 0.6 is 0 Å². The van der Waals surface area contributed by atoms with Gasteiger partial charge in [-0.05, 0) is 25.0 Å². The summed E-state index contributed by atoms with van der Waals surface area (Å²) in [4.78, 5) is 24.4. The number of para-hydroxylation sites is 1. The Morgan fingerprint density at radius 1 is 1.26 bits per heavy atom. The number of ether oxygens (including phenoxy) is 1. The van der Waals surface area contributed by atoms with E-state index in [0.29, 0.717) is 13.1 Å². The van der Waals surface area contributed by atoms with Crippen LogP contribution < -0.4 is 10.2 Å². The molecule has 0 radical (unpaired) electrons. The van der Waals surface area contributed by atoms with Crippen molar-refractivity contribution >= 4 is 17.7 Å². The first kappa shape index (κ1) is 15.0. The highest BCUT2D eigenvalue weighted by Gasteiger charge is 2.15. The standard InChI is InChI=1S/C14H20N2O3/c1-10-6-5-7-11(2)13(10)16(12(3)17)9-8-15-14(18)19-4/h5-7H,8-9H2,1-4H3,(H,15,18). The van der Waals surface area contributed by atoms with Crippen LogP contribution in [0.15, 0.2) is 18.2 Å². The lowest BCUT2D eigenvalue weighted by atomic mass is 10.1. The van der Waals surface area contributed by atoms with Crippen molar-refractivity contribution in [2.45, 2.75) is 20.8 Å². The highest BCUT2D eigenvalue weighted by Crippen LogP contribution is 2.24. The Labute approximate surface area is 113 Å². The van der Waals surface area contributed by atoms with Gasteiger partial charge in [0, 0.05) is 25.7 Å². The highest BCUT2D eigenvalue weighted by molar-refractivity contribution is 5.93. The number of benzene rings is 1. The van der Waals surface area contributed by atoms with Crippen LogP contribution in [0, 0.1) is 13.8 Å². The molecule has 0 bridgehead atoms. The molecule has 19 heavy (non-hydrogen) atoms. The van der Waals surface area contributed by atoms with E-state index in [-0.39, 0.29) is 5.91 Å². The van der Waals surface area contributed by atoms with Gasteiger partial charge in [0.25, 0.3) is 0 Å². The maximum Gasteiger partial charge on any atom is 0.406 e. The predicted molar refractivity (Wildman–Crippen MR) is 74.4 cm³/mol. The van der Waals surface area contributed by atoms with Gasteiger partial charge in [-0.25, -0.2) is 4.79 Å². The van der Waals surface area contributed by atoms with E-state index in [1.54, 1.807) is 4.90 Å². The van der Waals surface area contributed by atoms with Gasteiger partial charge in [0.2, 0.25) is 5.91 Å². The van der Waals surface area contributed by atoms with E-state index in [0.717, 1.165) is 16.8 Å². The fourth-order valence-electron chi connectivity index (χ4n) is 2.00. The number of amides is 2. The molecule has 1 rings (SSSR count). The Kier molecular flexibility index (Phi) is 5.36. The molecule has 2 amide bonds. The van der Waals surface area contributed by atoms with Gasteiger partial charge in [0.05, 0.1) is 7.11 Å². The van der Waals surface area contributed by atoms with Crippen molar-refractivity contribution in [3.63, 3.8) is 0 Å². The first-order valence-corrected chi connectivity index (χ1v) is 6.13. The third kappa shape index (κ3) is 3.98. The molecule has 1 aromatic rings. The lowest BCUT2D eigenvalue weighted by Crippen LogP contribution is -2.38. The summed E-state index contributed by atoms with van der Waals surface area (Å²) < 4.78 is 4.49. The zero-order valence-electron chi connectivity index (χ0n) is 11.8. The van der Waals surface area contributed by atoms with Crippen LogP contribution in [0.4, 0.5) is 10.5 Å². The summed E-state index contributed by atoms with van der Waals surface area (Å²) in [6, 6.07) is 5.89. The third-order valence-corrected chi connectivity index (χ3v) is 2.88. The van der Waals surface area contributed by atoms with E-state index in [1.165, 1.54) is 14.0 Å². The van der Waals surface area contributed by atoms with E-state index >= 15 is 0 Å². The number of carbonyl (C=O) groups excluding carboxylic acids is 2. The lowest BCUT2D eigenvalue weighted by Gasteiger charge is -2.25. The smallest absolute Gasteiger partial charge is 0.406 e. The molecule has 0 atom stereocenters. The molecule has 0 aromatic heterocycles. The minimum Gasteiger partial charge on any atom is -0.453 e. The first-order chi connectivity index (χ1) is 8.97. The molecule has 0 fully saturated rings. The van der Waals surface area contributed by atoms with Gasteiger partial charge in [-0.15, -0.1) is 0 Å². The predicted octanol–water partition coefficient (Wildman–Crippen LogP) is 2.01. The van der Waals surface area contributed by atoms with Gasteiger partial charge in [-0.2, -0.15) is 0 Å². The maximum atomic E-state index is 11.8. The van der Waals surface area contributed by atoms with E-state index in [2.05, 4.69) is 10.1 Å². The van der Waals surface area contributed by atoms with E-state index < -0.39 is 6.09 Å². The first-order valence-electron chi connectivity index (χ1n) is 6.13. The number of carbonyl (C=O) groups is 2. The lowest BCUT2D eigenvalue weighted by molar-refractivity contribution is -0.116. The zero-order chi connectivity index (χ0) is 14.4. The minimum absolute atomic E-state index is 0.0518. The second-order valence-electron chi connectivity index (χ2n) is 4.33. The highest BCUT2D eigenvalue weighted by atomic mass is 16.5. The average molecular weight is 264 g/mol. The summed E-state index contributed by atoms with van der Waals surface area (Å²) in [5, 5.41) is 2.57. The molecule has 0 spiro atoms. The van der Waals surface area contributed by atoms with Crippen LogP contribution in [0.3, 0.4) is 0 Å². The Morgan fingerprint density at radius 2 is 1.84 bits per heavy atom. The van der Waals surface area contributed by atoms with Crippen LogP contribution in [0.5, 0.6) is 0 Å². The quantitative estimate of drug-likeness (QED) is 0.905. The van der Waals surface area contributed by atoms with Crippen molar-refractivity contribution in [2.75, 3.05) is 25.1 Å². The zero-order valence-corrected chi connectivity index (χ0v) is 11.8. The van der Waals surface area contributed by atoms with E-state index in [1.807, 2.05) is 32.0 Å². The fraction of sp³-hybridized carbons (Fsp3) is 0.429. The van der Waals surface area contributed by atoms with Crippen LogP contribution in [0.2, 0.25) is 0 Å². The number of hydrogen-bond acceptors (Lipinski definition) is 3. The van der Waals surface area contributed by atoms with Gasteiger partial charge < -0.3 is 15.0 Å². The van der Waals surface area contributed by atoms with Crippen LogP contribution in [0.25, 0.3) is 0 Å². The van der Waals surface area contributed by atoms with Crippen molar-refractivity contribution in [3.05, 3.63) is 29.3 Å². The molecule has 5 heteroatoms. The summed E-state index contributed by atoms with van der Waals surface area (Å²) in [6.07, 6.45) is -0.495. The normalized spacial score (nSPS) is 9.89. The fourth-order valence-corrected chi connectivity index (χ4v) is 2.00. The van der Waals surface area contributed by atoms with Crippen molar-refractivity contribution in [1.82, 2.24) is 5.32 Å². The maximum absolute atomic E-state index is 11.8. The molecule has 0 aliphatic heterocycles. The number of hydrogen-bond donors (Lipinski definition) is 1. The number of methoxy groups -OCH3 is 1. The Bertz CT molecular complexity index is 452. The van der Waals surface area contributed by atoms with Crippen molar-refractivity contribution in [3.8, 4) is 0 Å². The molecule has 0 unspecified atom stereocenters. The molecular weight excluding hydrogens is 244 g/mol. The number of nitrogens with zero attached hydrogens (tertiary/aromatic N) is 1. The molecule has 0 heterocycles. The molecule has 1 N–H and O–H groups in total. The Hall–Kier alpha value is -2.04. The van der Waals surface area contributed by atoms with E-state index in [9.17, 15) is 9.59 Å². The van der Waals surface area contributed by atoms with Gasteiger partial charge in [-0.1, -0.05) is 18.2 Å². The number of aryl methyl sites for hydroxylation is 2. The van der Waals surface area contributed by atoms with Crippen molar-refractivity contribution in [1.29, 1.82) is 0 Å². The average Bonchev–Trinajstić information content (AvgIpc) is 2.35. The summed E-state index contributed by atoms with van der Waals surface area (Å²) in [6.45, 7) is 6.21. The summed E-state index contributed by atoms with van der Waals surface area (Å²) in [7, 11) is 1.31. The number of rotatable bonds is 4. The van der Waals surface area contributed by atoms with Crippen LogP contribution in [-0.4, -0.2) is 32.2 Å². The largest absolute Gasteiger partial charge is 0.453 e. The molecule has 5 nitrogen and oxygen atoms in total. The van der Waals surface area contributed by atoms with Gasteiger partial charge >= 0.3 is 6.09 Å². The van der Waals surface area contributed by atoms with E-state index in [4.69, 9.17) is 0 Å². The second kappa shape index (κ2) is 6.78. The number of nitrogens with one attached hydrogen (secondary N) is 1. The number of alkyl carbamates (subject to hydrolysis) is 1. The molecule has 0 aliphatic rings.